The second-order valence-corrected chi connectivity index (χ2v) is 6.62. The number of carbonyl (C=O) groups is 1. The Morgan fingerprint density at radius 1 is 1.00 bits per heavy atom. The summed E-state index contributed by atoms with van der Waals surface area (Å²) in [6.07, 6.45) is 3.35. The summed E-state index contributed by atoms with van der Waals surface area (Å²) in [4.78, 5) is 16.5. The lowest BCUT2D eigenvalue weighted by Crippen LogP contribution is -2.04. The fourth-order valence-corrected chi connectivity index (χ4v) is 2.91. The summed E-state index contributed by atoms with van der Waals surface area (Å²) < 4.78 is 16.1. The number of ether oxygens (including phenoxy) is 3. The highest BCUT2D eigenvalue weighted by molar-refractivity contribution is 7.07. The van der Waals surface area contributed by atoms with E-state index < -0.39 is 0 Å². The van der Waals surface area contributed by atoms with Crippen molar-refractivity contribution >= 4 is 23.2 Å². The molecule has 0 aliphatic carbocycles. The van der Waals surface area contributed by atoms with Crippen LogP contribution in [0.1, 0.15) is 21.6 Å². The lowest BCUT2D eigenvalue weighted by Gasteiger charge is -2.05. The highest BCUT2D eigenvalue weighted by atomic mass is 32.1. The first-order chi connectivity index (χ1) is 13.7. The highest BCUT2D eigenvalue weighted by Crippen LogP contribution is 2.16. The van der Waals surface area contributed by atoms with Crippen LogP contribution in [0.3, 0.4) is 0 Å². The van der Waals surface area contributed by atoms with Crippen LogP contribution in [0.2, 0.25) is 0 Å². The van der Waals surface area contributed by atoms with E-state index in [0.717, 1.165) is 17.0 Å². The number of hydrogen-bond donors (Lipinski definition) is 0. The van der Waals surface area contributed by atoms with E-state index in [9.17, 15) is 4.79 Å². The van der Waals surface area contributed by atoms with Gasteiger partial charge in [0.15, 0.2) is 5.78 Å². The zero-order valence-electron chi connectivity index (χ0n) is 15.5. The Labute approximate surface area is 168 Å². The molecule has 0 unspecified atom stereocenters. The average Bonchev–Trinajstić information content (AvgIpc) is 3.26. The Morgan fingerprint density at radius 3 is 2.39 bits per heavy atom. The summed E-state index contributed by atoms with van der Waals surface area (Å²) >= 11 is 1.55. The molecule has 0 saturated carbocycles. The van der Waals surface area contributed by atoms with Crippen molar-refractivity contribution in [3.63, 3.8) is 0 Å². The monoisotopic (exact) mass is 395 g/mol. The van der Waals surface area contributed by atoms with E-state index in [-0.39, 0.29) is 5.78 Å². The zero-order chi connectivity index (χ0) is 19.6. The van der Waals surface area contributed by atoms with Crippen LogP contribution < -0.4 is 9.47 Å². The van der Waals surface area contributed by atoms with Crippen molar-refractivity contribution in [3.8, 4) is 11.5 Å². The van der Waals surface area contributed by atoms with Crippen molar-refractivity contribution in [2.24, 2.45) is 0 Å². The summed E-state index contributed by atoms with van der Waals surface area (Å²) in [6, 6.07) is 14.6. The van der Waals surface area contributed by atoms with Gasteiger partial charge in [0.25, 0.3) is 0 Å². The van der Waals surface area contributed by atoms with Crippen molar-refractivity contribution in [2.45, 2.75) is 6.61 Å². The first-order valence-corrected chi connectivity index (χ1v) is 9.73. The van der Waals surface area contributed by atoms with Gasteiger partial charge in [-0.3, -0.25) is 4.79 Å². The average molecular weight is 395 g/mol. The van der Waals surface area contributed by atoms with E-state index in [1.807, 2.05) is 29.6 Å². The van der Waals surface area contributed by atoms with Crippen LogP contribution >= 0.6 is 11.3 Å². The molecule has 0 bridgehead atoms. The lowest BCUT2D eigenvalue weighted by molar-refractivity contribution is 0.104. The van der Waals surface area contributed by atoms with E-state index in [0.29, 0.717) is 31.1 Å². The number of benzene rings is 2. The van der Waals surface area contributed by atoms with Crippen LogP contribution in [0, 0.1) is 0 Å². The molecule has 3 aromatic rings. The number of methoxy groups -OCH3 is 1. The SMILES string of the molecule is COCCOc1ccc(C(=O)/C=C/c2ccc(OCc3cscn3)cc2)cc1. The molecule has 28 heavy (non-hydrogen) atoms. The molecular formula is C22H21NO4S. The molecule has 6 heteroatoms. The van der Waals surface area contributed by atoms with Crippen LogP contribution in [-0.4, -0.2) is 31.1 Å². The van der Waals surface area contributed by atoms with Crippen molar-refractivity contribution in [3.05, 3.63) is 82.3 Å². The smallest absolute Gasteiger partial charge is 0.185 e. The molecule has 0 spiro atoms. The van der Waals surface area contributed by atoms with Crippen molar-refractivity contribution in [1.82, 2.24) is 4.98 Å². The molecule has 0 fully saturated rings. The molecular weight excluding hydrogens is 374 g/mol. The molecule has 0 saturated heterocycles. The number of carbonyl (C=O) groups excluding carboxylic acids is 1. The maximum Gasteiger partial charge on any atom is 0.185 e. The van der Waals surface area contributed by atoms with Gasteiger partial charge in [-0.15, -0.1) is 11.3 Å². The molecule has 0 aliphatic heterocycles. The number of thiazole rings is 1. The van der Waals surface area contributed by atoms with Gasteiger partial charge in [0.2, 0.25) is 0 Å². The van der Waals surface area contributed by atoms with Gasteiger partial charge in [0.1, 0.15) is 24.7 Å². The number of rotatable bonds is 10. The fraction of sp³-hybridized carbons (Fsp3) is 0.182. The maximum atomic E-state index is 12.3. The Morgan fingerprint density at radius 2 is 1.71 bits per heavy atom. The number of ketones is 1. The van der Waals surface area contributed by atoms with Crippen LogP contribution in [0.4, 0.5) is 0 Å². The lowest BCUT2D eigenvalue weighted by atomic mass is 10.1. The zero-order valence-corrected chi connectivity index (χ0v) is 16.4. The molecule has 3 rings (SSSR count). The Bertz CT molecular complexity index is 887. The first-order valence-electron chi connectivity index (χ1n) is 8.79. The number of allylic oxidation sites excluding steroid dienone is 1. The highest BCUT2D eigenvalue weighted by Gasteiger charge is 2.03. The third-order valence-electron chi connectivity index (χ3n) is 3.87. The predicted molar refractivity (Wildman–Crippen MR) is 110 cm³/mol. The maximum absolute atomic E-state index is 12.3. The summed E-state index contributed by atoms with van der Waals surface area (Å²) in [5.74, 6) is 1.42. The number of nitrogens with zero attached hydrogens (tertiary/aromatic N) is 1. The standard InChI is InChI=1S/C22H21NO4S/c1-25-12-13-26-20-9-5-18(6-10-20)22(24)11-4-17-2-7-21(8-3-17)27-14-19-15-28-16-23-19/h2-11,15-16H,12-14H2,1H3/b11-4+. The van der Waals surface area contributed by atoms with Gasteiger partial charge in [0.05, 0.1) is 17.8 Å². The minimum Gasteiger partial charge on any atom is -0.491 e. The van der Waals surface area contributed by atoms with E-state index in [1.165, 1.54) is 0 Å². The van der Waals surface area contributed by atoms with Crippen molar-refractivity contribution in [1.29, 1.82) is 0 Å². The van der Waals surface area contributed by atoms with Gasteiger partial charge in [-0.1, -0.05) is 18.2 Å². The summed E-state index contributed by atoms with van der Waals surface area (Å²) in [5.41, 5.74) is 4.23. The molecule has 0 aliphatic rings. The Hall–Kier alpha value is -2.96. The van der Waals surface area contributed by atoms with Crippen LogP contribution in [0.15, 0.2) is 65.5 Å². The van der Waals surface area contributed by atoms with Crippen molar-refractivity contribution < 1.29 is 19.0 Å². The molecule has 1 heterocycles. The number of hydrogen-bond acceptors (Lipinski definition) is 6. The molecule has 2 aromatic carbocycles. The van der Waals surface area contributed by atoms with Gasteiger partial charge in [-0.2, -0.15) is 0 Å². The van der Waals surface area contributed by atoms with Crippen molar-refractivity contribution in [2.75, 3.05) is 20.3 Å². The third kappa shape index (κ3) is 6.04. The predicted octanol–water partition coefficient (Wildman–Crippen LogP) is 4.64. The van der Waals surface area contributed by atoms with Gasteiger partial charge in [0, 0.05) is 18.1 Å². The summed E-state index contributed by atoms with van der Waals surface area (Å²) in [5, 5.41) is 1.96. The summed E-state index contributed by atoms with van der Waals surface area (Å²) in [7, 11) is 1.63. The Kier molecular flexibility index (Phi) is 7.35. The normalized spacial score (nSPS) is 10.9. The van der Waals surface area contributed by atoms with E-state index in [4.69, 9.17) is 14.2 Å². The minimum atomic E-state index is -0.0627. The van der Waals surface area contributed by atoms with E-state index >= 15 is 0 Å². The minimum absolute atomic E-state index is 0.0627. The molecule has 0 atom stereocenters. The largest absolute Gasteiger partial charge is 0.491 e. The van der Waals surface area contributed by atoms with Crippen LogP contribution in [-0.2, 0) is 11.3 Å². The van der Waals surface area contributed by atoms with Gasteiger partial charge in [-0.05, 0) is 48.0 Å². The number of aromatic nitrogens is 1. The second kappa shape index (κ2) is 10.4. The molecule has 144 valence electrons. The third-order valence-corrected chi connectivity index (χ3v) is 4.51. The summed E-state index contributed by atoms with van der Waals surface area (Å²) in [6.45, 7) is 1.45. The molecule has 0 amide bonds. The van der Waals surface area contributed by atoms with Crippen LogP contribution in [0.25, 0.3) is 6.08 Å². The molecule has 1 aromatic heterocycles. The second-order valence-electron chi connectivity index (χ2n) is 5.90. The Balaban J connectivity index is 1.51. The quantitative estimate of drug-likeness (QED) is 0.284. The van der Waals surface area contributed by atoms with E-state index in [2.05, 4.69) is 4.98 Å². The first kappa shape index (κ1) is 19.8. The van der Waals surface area contributed by atoms with Gasteiger partial charge in [-0.25, -0.2) is 4.98 Å². The molecule has 0 N–H and O–H groups in total. The molecule has 0 radical (unpaired) electrons. The van der Waals surface area contributed by atoms with E-state index in [1.54, 1.807) is 60.4 Å². The van der Waals surface area contributed by atoms with Gasteiger partial charge >= 0.3 is 0 Å². The topological polar surface area (TPSA) is 57.7 Å². The van der Waals surface area contributed by atoms with Gasteiger partial charge < -0.3 is 14.2 Å². The van der Waals surface area contributed by atoms with Crippen LogP contribution in [0.5, 0.6) is 11.5 Å². The molecule has 5 nitrogen and oxygen atoms in total. The fourth-order valence-electron chi connectivity index (χ4n) is 2.37.